The third kappa shape index (κ3) is 7.95. The second kappa shape index (κ2) is 10.9. The van der Waals surface area contributed by atoms with E-state index < -0.39 is 36.1 Å². The molecule has 0 aromatic heterocycles. The summed E-state index contributed by atoms with van der Waals surface area (Å²) < 4.78 is 0. The Morgan fingerprint density at radius 2 is 1.73 bits per heavy atom. The Morgan fingerprint density at radius 1 is 1.12 bits per heavy atom. The van der Waals surface area contributed by atoms with E-state index in [-0.39, 0.29) is 12.5 Å². The van der Waals surface area contributed by atoms with Crippen LogP contribution in [-0.2, 0) is 16.0 Å². The maximum Gasteiger partial charge on any atom is 0.326 e. The van der Waals surface area contributed by atoms with E-state index >= 15 is 0 Å². The minimum Gasteiger partial charge on any atom is -0.480 e. The molecule has 0 aliphatic rings. The molecule has 0 saturated heterocycles. The number of nitrogens with one attached hydrogen (secondary N) is 2. The van der Waals surface area contributed by atoms with Crippen molar-refractivity contribution >= 4 is 11.9 Å². The lowest BCUT2D eigenvalue weighted by atomic mass is 10.0. The van der Waals surface area contributed by atoms with Crippen molar-refractivity contribution in [3.63, 3.8) is 0 Å². The molecule has 1 aromatic carbocycles. The molecule has 1 amide bonds. The van der Waals surface area contributed by atoms with E-state index in [1.807, 2.05) is 44.2 Å². The summed E-state index contributed by atoms with van der Waals surface area (Å²) in [6.45, 7) is 5.63. The molecule has 26 heavy (non-hydrogen) atoms. The van der Waals surface area contributed by atoms with Gasteiger partial charge in [0.1, 0.15) is 6.04 Å². The van der Waals surface area contributed by atoms with Crippen LogP contribution in [0.5, 0.6) is 0 Å². The SMILES string of the molecule is CC(C)C[C@H](NC(=O)[C@H](Cc1ccccc1)NCC(O)[C@H](C)N)C(=O)O. The Kier molecular flexibility index (Phi) is 9.26. The van der Waals surface area contributed by atoms with E-state index in [0.717, 1.165) is 5.56 Å². The summed E-state index contributed by atoms with van der Waals surface area (Å²) >= 11 is 0. The molecule has 0 heterocycles. The van der Waals surface area contributed by atoms with Gasteiger partial charge in [-0.05, 0) is 31.2 Å². The molecular formula is C19H31N3O4. The maximum absolute atomic E-state index is 12.7. The fraction of sp³-hybridized carbons (Fsp3) is 0.579. The smallest absolute Gasteiger partial charge is 0.326 e. The Morgan fingerprint density at radius 3 is 2.23 bits per heavy atom. The van der Waals surface area contributed by atoms with E-state index in [0.29, 0.717) is 12.8 Å². The van der Waals surface area contributed by atoms with Crippen LogP contribution in [0.2, 0.25) is 0 Å². The maximum atomic E-state index is 12.7. The monoisotopic (exact) mass is 365 g/mol. The summed E-state index contributed by atoms with van der Waals surface area (Å²) in [5.74, 6) is -1.32. The molecule has 0 radical (unpaired) electrons. The van der Waals surface area contributed by atoms with Crippen molar-refractivity contribution in [2.24, 2.45) is 11.7 Å². The van der Waals surface area contributed by atoms with Crippen LogP contribution in [0.1, 0.15) is 32.8 Å². The summed E-state index contributed by atoms with van der Waals surface area (Å²) in [6.07, 6.45) is -0.0690. The molecule has 6 N–H and O–H groups in total. The van der Waals surface area contributed by atoms with Crippen molar-refractivity contribution in [3.8, 4) is 0 Å². The van der Waals surface area contributed by atoms with Crippen molar-refractivity contribution < 1.29 is 19.8 Å². The van der Waals surface area contributed by atoms with Gasteiger partial charge in [-0.1, -0.05) is 44.2 Å². The highest BCUT2D eigenvalue weighted by Gasteiger charge is 2.26. The molecule has 0 saturated carbocycles. The second-order valence-corrected chi connectivity index (χ2v) is 7.11. The second-order valence-electron chi connectivity index (χ2n) is 7.11. The van der Waals surface area contributed by atoms with Gasteiger partial charge in [-0.2, -0.15) is 0 Å². The quantitative estimate of drug-likeness (QED) is 0.389. The van der Waals surface area contributed by atoms with Gasteiger partial charge in [0, 0.05) is 12.6 Å². The van der Waals surface area contributed by atoms with Gasteiger partial charge in [-0.3, -0.25) is 4.79 Å². The summed E-state index contributed by atoms with van der Waals surface area (Å²) in [5, 5.41) is 24.9. The van der Waals surface area contributed by atoms with E-state index in [1.54, 1.807) is 6.92 Å². The van der Waals surface area contributed by atoms with E-state index in [2.05, 4.69) is 10.6 Å². The molecule has 0 fully saturated rings. The lowest BCUT2D eigenvalue weighted by Gasteiger charge is -2.24. The van der Waals surface area contributed by atoms with E-state index in [9.17, 15) is 19.8 Å². The third-order valence-corrected chi connectivity index (χ3v) is 4.10. The molecule has 146 valence electrons. The number of aliphatic hydroxyl groups is 1. The van der Waals surface area contributed by atoms with Crippen molar-refractivity contribution in [1.29, 1.82) is 0 Å². The number of amides is 1. The van der Waals surface area contributed by atoms with Gasteiger partial charge < -0.3 is 26.6 Å². The van der Waals surface area contributed by atoms with Gasteiger partial charge in [0.15, 0.2) is 0 Å². The Hall–Kier alpha value is -1.96. The molecule has 0 bridgehead atoms. The number of carboxylic acid groups (broad SMARTS) is 1. The van der Waals surface area contributed by atoms with Crippen LogP contribution in [0.3, 0.4) is 0 Å². The number of hydrogen-bond acceptors (Lipinski definition) is 5. The van der Waals surface area contributed by atoms with Crippen molar-refractivity contribution in [3.05, 3.63) is 35.9 Å². The minimum atomic E-state index is -1.05. The molecule has 1 aromatic rings. The normalized spacial score (nSPS) is 15.9. The number of hydrogen-bond donors (Lipinski definition) is 5. The molecule has 4 atom stereocenters. The summed E-state index contributed by atoms with van der Waals surface area (Å²) in [5.41, 5.74) is 6.59. The Balaban J connectivity index is 2.83. The average Bonchev–Trinajstić information content (AvgIpc) is 2.57. The average molecular weight is 365 g/mol. The highest BCUT2D eigenvalue weighted by molar-refractivity contribution is 5.87. The van der Waals surface area contributed by atoms with Crippen LogP contribution >= 0.6 is 0 Å². The topological polar surface area (TPSA) is 125 Å². The predicted molar refractivity (Wildman–Crippen MR) is 101 cm³/mol. The first-order chi connectivity index (χ1) is 12.2. The van der Waals surface area contributed by atoms with Gasteiger partial charge in [0.2, 0.25) is 5.91 Å². The van der Waals surface area contributed by atoms with Crippen LogP contribution in [-0.4, -0.2) is 52.9 Å². The first kappa shape index (κ1) is 22.1. The number of rotatable bonds is 11. The van der Waals surface area contributed by atoms with Gasteiger partial charge >= 0.3 is 5.97 Å². The zero-order valence-corrected chi connectivity index (χ0v) is 15.7. The first-order valence-electron chi connectivity index (χ1n) is 8.94. The fourth-order valence-corrected chi connectivity index (χ4v) is 2.52. The molecule has 0 aliphatic carbocycles. The Bertz CT molecular complexity index is 563. The van der Waals surface area contributed by atoms with Gasteiger partial charge in [0.25, 0.3) is 0 Å². The number of aliphatic carboxylic acids is 1. The van der Waals surface area contributed by atoms with Crippen LogP contribution < -0.4 is 16.4 Å². The minimum absolute atomic E-state index is 0.136. The largest absolute Gasteiger partial charge is 0.480 e. The standard InChI is InChI=1S/C19H31N3O4/c1-12(2)9-16(19(25)26)22-18(24)15(21-11-17(23)13(3)20)10-14-7-5-4-6-8-14/h4-8,12-13,15-17,21,23H,9-11,20H2,1-3H3,(H,22,24)(H,25,26)/t13-,15-,16-,17?/m0/s1. The first-order valence-corrected chi connectivity index (χ1v) is 8.94. The van der Waals surface area contributed by atoms with Gasteiger partial charge in [-0.25, -0.2) is 4.79 Å². The fourth-order valence-electron chi connectivity index (χ4n) is 2.52. The number of benzene rings is 1. The highest BCUT2D eigenvalue weighted by atomic mass is 16.4. The molecule has 7 heteroatoms. The number of carbonyl (C=O) groups is 2. The predicted octanol–water partition coefficient (Wildman–Crippen LogP) is 0.511. The van der Waals surface area contributed by atoms with Gasteiger partial charge in [0.05, 0.1) is 12.1 Å². The molecule has 7 nitrogen and oxygen atoms in total. The van der Waals surface area contributed by atoms with Crippen LogP contribution in [0.15, 0.2) is 30.3 Å². The highest BCUT2D eigenvalue weighted by Crippen LogP contribution is 2.08. The number of aliphatic hydroxyl groups excluding tert-OH is 1. The van der Waals surface area contributed by atoms with Crippen LogP contribution in [0.4, 0.5) is 0 Å². The van der Waals surface area contributed by atoms with E-state index in [4.69, 9.17) is 5.73 Å². The summed E-state index contributed by atoms with van der Waals surface area (Å²) in [4.78, 5) is 24.1. The van der Waals surface area contributed by atoms with Crippen molar-refractivity contribution in [1.82, 2.24) is 10.6 Å². The Labute approximate surface area is 155 Å². The molecule has 0 aliphatic heterocycles. The lowest BCUT2D eigenvalue weighted by Crippen LogP contribution is -2.53. The number of nitrogens with two attached hydrogens (primary N) is 1. The molecule has 1 unspecified atom stereocenters. The van der Waals surface area contributed by atoms with E-state index in [1.165, 1.54) is 0 Å². The molecule has 0 spiro atoms. The van der Waals surface area contributed by atoms with Crippen molar-refractivity contribution in [2.45, 2.75) is 57.8 Å². The number of carbonyl (C=O) groups excluding carboxylic acids is 1. The third-order valence-electron chi connectivity index (χ3n) is 4.10. The zero-order valence-electron chi connectivity index (χ0n) is 15.7. The van der Waals surface area contributed by atoms with Crippen LogP contribution in [0.25, 0.3) is 0 Å². The van der Waals surface area contributed by atoms with Crippen molar-refractivity contribution in [2.75, 3.05) is 6.54 Å². The zero-order chi connectivity index (χ0) is 19.7. The lowest BCUT2D eigenvalue weighted by molar-refractivity contribution is -0.142. The molecular weight excluding hydrogens is 334 g/mol. The van der Waals surface area contributed by atoms with Gasteiger partial charge in [-0.15, -0.1) is 0 Å². The van der Waals surface area contributed by atoms with Crippen LogP contribution in [0, 0.1) is 5.92 Å². The summed E-state index contributed by atoms with van der Waals surface area (Å²) in [6, 6.07) is 7.38. The number of carboxylic acids is 1. The summed E-state index contributed by atoms with van der Waals surface area (Å²) in [7, 11) is 0. The molecule has 1 rings (SSSR count).